The van der Waals surface area contributed by atoms with Gasteiger partial charge in [-0.2, -0.15) is 0 Å². The van der Waals surface area contributed by atoms with E-state index in [2.05, 4.69) is 6.08 Å². The van der Waals surface area contributed by atoms with Crippen LogP contribution < -0.4 is 0 Å². The van der Waals surface area contributed by atoms with Crippen molar-refractivity contribution in [1.82, 2.24) is 4.90 Å². The van der Waals surface area contributed by atoms with Crippen LogP contribution in [0.2, 0.25) is 0 Å². The molecule has 0 unspecified atom stereocenters. The quantitative estimate of drug-likeness (QED) is 0.803. The van der Waals surface area contributed by atoms with Crippen LogP contribution in [0.4, 0.5) is 0 Å². The molecule has 0 aliphatic carbocycles. The Balaban J connectivity index is 2.10. The van der Waals surface area contributed by atoms with Gasteiger partial charge in [-0.1, -0.05) is 30.3 Å². The molecular formula is C13H17NO2. The predicted molar refractivity (Wildman–Crippen MR) is 63.6 cm³/mol. The van der Waals surface area contributed by atoms with E-state index in [-0.39, 0.29) is 13.3 Å². The Hall–Kier alpha value is -1.16. The third-order valence-corrected chi connectivity index (χ3v) is 3.00. The van der Waals surface area contributed by atoms with E-state index < -0.39 is 0 Å². The lowest BCUT2D eigenvalue weighted by atomic mass is 9.99. The summed E-state index contributed by atoms with van der Waals surface area (Å²) in [6, 6.07) is 8.00. The van der Waals surface area contributed by atoms with E-state index in [0.29, 0.717) is 0 Å². The standard InChI is InChI=1S/C13H17NO2/c15-9-11-1-3-12(4-2-11)13-5-7-14(10-16)8-6-13/h1-5,15-16H,6-10H2. The highest BCUT2D eigenvalue weighted by atomic mass is 16.3. The third kappa shape index (κ3) is 2.50. The highest BCUT2D eigenvalue weighted by Gasteiger charge is 2.11. The van der Waals surface area contributed by atoms with Crippen LogP contribution in [0.1, 0.15) is 17.5 Å². The maximum Gasteiger partial charge on any atom is 0.0959 e. The summed E-state index contributed by atoms with van der Waals surface area (Å²) < 4.78 is 0. The summed E-state index contributed by atoms with van der Waals surface area (Å²) in [7, 11) is 0. The molecule has 1 aliphatic rings. The zero-order chi connectivity index (χ0) is 11.4. The Labute approximate surface area is 95.6 Å². The molecule has 1 aromatic rings. The SMILES string of the molecule is OCc1ccc(C2=CCN(CO)CC2)cc1. The molecule has 1 aliphatic heterocycles. The first-order chi connectivity index (χ1) is 7.83. The maximum atomic E-state index is 8.99. The van der Waals surface area contributed by atoms with Crippen molar-refractivity contribution in [3.63, 3.8) is 0 Å². The van der Waals surface area contributed by atoms with Crippen LogP contribution in [0.15, 0.2) is 30.3 Å². The van der Waals surface area contributed by atoms with Crippen molar-refractivity contribution < 1.29 is 10.2 Å². The second kappa shape index (κ2) is 5.25. The smallest absolute Gasteiger partial charge is 0.0959 e. The Bertz CT molecular complexity index is 370. The first-order valence-electron chi connectivity index (χ1n) is 5.56. The number of nitrogens with zero attached hydrogens (tertiary/aromatic N) is 1. The molecule has 0 amide bonds. The molecule has 0 fully saturated rings. The molecule has 0 aromatic heterocycles. The molecule has 3 heteroatoms. The monoisotopic (exact) mass is 219 g/mol. The summed E-state index contributed by atoms with van der Waals surface area (Å²) in [4.78, 5) is 1.99. The fraction of sp³-hybridized carbons (Fsp3) is 0.385. The van der Waals surface area contributed by atoms with Crippen LogP contribution in [0.3, 0.4) is 0 Å². The van der Waals surface area contributed by atoms with Crippen molar-refractivity contribution in [3.05, 3.63) is 41.5 Å². The molecule has 1 heterocycles. The van der Waals surface area contributed by atoms with E-state index in [0.717, 1.165) is 25.1 Å². The zero-order valence-corrected chi connectivity index (χ0v) is 9.26. The van der Waals surface area contributed by atoms with Crippen LogP contribution in [-0.2, 0) is 6.61 Å². The Morgan fingerprint density at radius 1 is 1.12 bits per heavy atom. The van der Waals surface area contributed by atoms with Crippen molar-refractivity contribution in [2.24, 2.45) is 0 Å². The minimum absolute atomic E-state index is 0.0949. The zero-order valence-electron chi connectivity index (χ0n) is 9.26. The minimum Gasteiger partial charge on any atom is -0.392 e. The Kier molecular flexibility index (Phi) is 3.72. The summed E-state index contributed by atoms with van der Waals surface area (Å²) in [6.45, 7) is 1.95. The molecule has 0 atom stereocenters. The lowest BCUT2D eigenvalue weighted by molar-refractivity contribution is 0.118. The van der Waals surface area contributed by atoms with Gasteiger partial charge in [0.1, 0.15) is 0 Å². The van der Waals surface area contributed by atoms with Gasteiger partial charge >= 0.3 is 0 Å². The van der Waals surface area contributed by atoms with Gasteiger partial charge in [-0.15, -0.1) is 0 Å². The molecular weight excluding hydrogens is 202 g/mol. The van der Waals surface area contributed by atoms with Gasteiger partial charge in [-0.05, 0) is 23.1 Å². The molecule has 0 radical (unpaired) electrons. The minimum atomic E-state index is 0.0949. The van der Waals surface area contributed by atoms with E-state index in [4.69, 9.17) is 10.2 Å². The normalized spacial score (nSPS) is 17.2. The van der Waals surface area contributed by atoms with Gasteiger partial charge in [0.15, 0.2) is 0 Å². The van der Waals surface area contributed by atoms with E-state index in [1.165, 1.54) is 11.1 Å². The molecule has 86 valence electrons. The van der Waals surface area contributed by atoms with E-state index in [1.807, 2.05) is 29.2 Å². The summed E-state index contributed by atoms with van der Waals surface area (Å²) >= 11 is 0. The van der Waals surface area contributed by atoms with E-state index in [9.17, 15) is 0 Å². The van der Waals surface area contributed by atoms with Gasteiger partial charge in [0.05, 0.1) is 13.3 Å². The first-order valence-corrected chi connectivity index (χ1v) is 5.56. The van der Waals surface area contributed by atoms with Gasteiger partial charge in [0, 0.05) is 13.1 Å². The largest absolute Gasteiger partial charge is 0.392 e. The van der Waals surface area contributed by atoms with Crippen LogP contribution >= 0.6 is 0 Å². The van der Waals surface area contributed by atoms with Gasteiger partial charge in [0.2, 0.25) is 0 Å². The van der Waals surface area contributed by atoms with Crippen LogP contribution in [0.25, 0.3) is 5.57 Å². The Morgan fingerprint density at radius 2 is 1.88 bits per heavy atom. The van der Waals surface area contributed by atoms with Gasteiger partial charge in [-0.3, -0.25) is 4.90 Å². The molecule has 16 heavy (non-hydrogen) atoms. The molecule has 2 N–H and O–H groups in total. The average molecular weight is 219 g/mol. The molecule has 0 saturated heterocycles. The molecule has 0 spiro atoms. The van der Waals surface area contributed by atoms with Crippen LogP contribution in [-0.4, -0.2) is 34.9 Å². The number of aliphatic hydroxyl groups is 2. The third-order valence-electron chi connectivity index (χ3n) is 3.00. The van der Waals surface area contributed by atoms with Gasteiger partial charge < -0.3 is 10.2 Å². The highest BCUT2D eigenvalue weighted by molar-refractivity contribution is 5.66. The van der Waals surface area contributed by atoms with Crippen LogP contribution in [0, 0.1) is 0 Å². The molecule has 1 aromatic carbocycles. The summed E-state index contributed by atoms with van der Waals surface area (Å²) in [5.41, 5.74) is 3.49. The highest BCUT2D eigenvalue weighted by Crippen LogP contribution is 2.22. The van der Waals surface area contributed by atoms with Crippen molar-refractivity contribution in [1.29, 1.82) is 0 Å². The second-order valence-electron chi connectivity index (χ2n) is 4.05. The van der Waals surface area contributed by atoms with Crippen molar-refractivity contribution in [2.45, 2.75) is 13.0 Å². The number of aliphatic hydroxyl groups excluding tert-OH is 2. The van der Waals surface area contributed by atoms with Crippen molar-refractivity contribution in [3.8, 4) is 0 Å². The Morgan fingerprint density at radius 3 is 2.38 bits per heavy atom. The lowest BCUT2D eigenvalue weighted by Crippen LogP contribution is -2.29. The fourth-order valence-corrected chi connectivity index (χ4v) is 1.93. The topological polar surface area (TPSA) is 43.7 Å². The first kappa shape index (κ1) is 11.3. The molecule has 3 nitrogen and oxygen atoms in total. The van der Waals surface area contributed by atoms with E-state index >= 15 is 0 Å². The van der Waals surface area contributed by atoms with Crippen molar-refractivity contribution in [2.75, 3.05) is 19.8 Å². The van der Waals surface area contributed by atoms with Crippen LogP contribution in [0.5, 0.6) is 0 Å². The number of hydrogen-bond donors (Lipinski definition) is 2. The fourth-order valence-electron chi connectivity index (χ4n) is 1.93. The molecule has 0 bridgehead atoms. The average Bonchev–Trinajstić information content (AvgIpc) is 2.39. The molecule has 2 rings (SSSR count). The van der Waals surface area contributed by atoms with Gasteiger partial charge in [-0.25, -0.2) is 0 Å². The van der Waals surface area contributed by atoms with E-state index in [1.54, 1.807) is 0 Å². The number of hydrogen-bond acceptors (Lipinski definition) is 3. The lowest BCUT2D eigenvalue weighted by Gasteiger charge is -2.24. The number of rotatable bonds is 3. The summed E-state index contributed by atoms with van der Waals surface area (Å²) in [5, 5.41) is 17.9. The number of benzene rings is 1. The summed E-state index contributed by atoms with van der Waals surface area (Å²) in [5.74, 6) is 0. The second-order valence-corrected chi connectivity index (χ2v) is 4.05. The molecule has 0 saturated carbocycles. The van der Waals surface area contributed by atoms with Gasteiger partial charge in [0.25, 0.3) is 0 Å². The van der Waals surface area contributed by atoms with Crippen molar-refractivity contribution >= 4 is 5.57 Å². The predicted octanol–water partition coefficient (Wildman–Crippen LogP) is 1.22. The summed E-state index contributed by atoms with van der Waals surface area (Å²) in [6.07, 6.45) is 3.13. The maximum absolute atomic E-state index is 8.99.